The molecule has 2 heterocycles. The van der Waals surface area contributed by atoms with Crippen LogP contribution in [0.4, 0.5) is 79.0 Å². The van der Waals surface area contributed by atoms with Gasteiger partial charge in [-0.15, -0.1) is 0 Å². The van der Waals surface area contributed by atoms with Crippen LogP contribution in [0, 0.1) is 0 Å². The molecule has 2 aromatic heterocycles. The molecule has 0 aliphatic carbocycles. The molecule has 11 rings (SSSR count). The van der Waals surface area contributed by atoms with Crippen molar-refractivity contribution in [2.45, 2.75) is 37.1 Å². The van der Waals surface area contributed by atoms with Crippen LogP contribution < -0.4 is 0 Å². The van der Waals surface area contributed by atoms with E-state index < -0.39 is 121 Å². The molecule has 0 fully saturated rings. The fourth-order valence-corrected chi connectivity index (χ4v) is 10.3. The lowest BCUT2D eigenvalue weighted by atomic mass is 9.88. The van der Waals surface area contributed by atoms with Crippen LogP contribution in [0.2, 0.25) is 0 Å². The lowest BCUT2D eigenvalue weighted by Crippen LogP contribution is -2.12. The molecule has 0 saturated carbocycles. The van der Waals surface area contributed by atoms with Crippen molar-refractivity contribution in [1.29, 1.82) is 0 Å². The maximum atomic E-state index is 15.6. The molecular weight excluding hydrogens is 1150 g/mol. The summed E-state index contributed by atoms with van der Waals surface area (Å²) in [5, 5.41) is -0.594. The fraction of sp³-hybridized carbons (Fsp3) is 0.0952. The van der Waals surface area contributed by atoms with Gasteiger partial charge in [0.15, 0.2) is 17.5 Å². The highest BCUT2D eigenvalue weighted by molar-refractivity contribution is 6.13. The van der Waals surface area contributed by atoms with Gasteiger partial charge in [-0.1, -0.05) is 121 Å². The van der Waals surface area contributed by atoms with E-state index in [0.29, 0.717) is 47.5 Å². The van der Waals surface area contributed by atoms with Gasteiger partial charge >= 0.3 is 37.1 Å². The monoisotopic (exact) mass is 1190 g/mol. The molecule has 85 heavy (non-hydrogen) atoms. The van der Waals surface area contributed by atoms with Crippen LogP contribution in [0.3, 0.4) is 0 Å². The van der Waals surface area contributed by atoms with Crippen molar-refractivity contribution in [3.8, 4) is 84.4 Å². The van der Waals surface area contributed by atoms with E-state index in [2.05, 4.69) is 4.98 Å². The van der Waals surface area contributed by atoms with Crippen LogP contribution in [0.5, 0.6) is 0 Å². The van der Waals surface area contributed by atoms with Crippen molar-refractivity contribution in [1.82, 2.24) is 19.5 Å². The zero-order valence-corrected chi connectivity index (χ0v) is 42.6. The molecule has 430 valence electrons. The summed E-state index contributed by atoms with van der Waals surface area (Å²) in [6.07, 6.45) is -32.0. The molecule has 0 amide bonds. The summed E-state index contributed by atoms with van der Waals surface area (Å²) in [5.41, 5.74) is -15.2. The van der Waals surface area contributed by atoms with E-state index in [0.717, 1.165) is 77.4 Å². The largest absolute Gasteiger partial charge is 0.417 e. The smallest absolute Gasteiger partial charge is 0.308 e. The quantitative estimate of drug-likeness (QED) is 0.142. The van der Waals surface area contributed by atoms with Gasteiger partial charge in [0, 0.05) is 38.6 Å². The molecule has 0 spiro atoms. The van der Waals surface area contributed by atoms with E-state index in [1.165, 1.54) is 12.1 Å². The number of benzene rings is 9. The van der Waals surface area contributed by atoms with Gasteiger partial charge in [0.1, 0.15) is 0 Å². The zero-order chi connectivity index (χ0) is 60.8. The second kappa shape index (κ2) is 20.7. The molecule has 9 aromatic carbocycles. The molecule has 4 nitrogen and oxygen atoms in total. The first kappa shape index (κ1) is 57.4. The van der Waals surface area contributed by atoms with Gasteiger partial charge in [-0.3, -0.25) is 0 Å². The van der Waals surface area contributed by atoms with Crippen LogP contribution in [-0.2, 0) is 37.1 Å². The van der Waals surface area contributed by atoms with E-state index in [1.807, 2.05) is 0 Å². The first-order chi connectivity index (χ1) is 39.9. The number of alkyl halides is 18. The second-order valence-electron chi connectivity index (χ2n) is 19.4. The Bertz CT molecular complexity index is 4110. The van der Waals surface area contributed by atoms with Crippen molar-refractivity contribution in [2.24, 2.45) is 0 Å². The van der Waals surface area contributed by atoms with Gasteiger partial charge < -0.3 is 4.57 Å². The van der Waals surface area contributed by atoms with Crippen LogP contribution >= 0.6 is 0 Å². The van der Waals surface area contributed by atoms with Crippen LogP contribution in [0.1, 0.15) is 33.4 Å². The highest BCUT2D eigenvalue weighted by atomic mass is 19.4. The SMILES string of the molecule is FC(F)(F)c1ccc(-c2ccc3c(c2)c2cc(-c4ccc(C(F)(F)F)cc4C(F)(F)F)ccc2n3-c2c(-c3ccccc3C(F)(F)F)cc(-c3nc(-c4ccccc4)nc(-c4ccccc4)n3)cc2-c2ccccc2C(F)(F)F)c(C(F)(F)F)c1. The average molecular weight is 1190 g/mol. The predicted octanol–water partition coefficient (Wildman–Crippen LogP) is 20.8. The highest BCUT2D eigenvalue weighted by Gasteiger charge is 2.42. The zero-order valence-electron chi connectivity index (χ0n) is 42.6. The number of aromatic nitrogens is 4. The van der Waals surface area contributed by atoms with E-state index in [9.17, 15) is 52.7 Å². The van der Waals surface area contributed by atoms with E-state index in [4.69, 9.17) is 9.97 Å². The lowest BCUT2D eigenvalue weighted by molar-refractivity contribution is -0.144. The molecule has 0 bridgehead atoms. The summed E-state index contributed by atoms with van der Waals surface area (Å²) in [7, 11) is 0. The lowest BCUT2D eigenvalue weighted by Gasteiger charge is -2.24. The first-order valence-corrected chi connectivity index (χ1v) is 25.0. The summed E-state index contributed by atoms with van der Waals surface area (Å²) in [4.78, 5) is 14.1. The number of rotatable bonds is 8. The van der Waals surface area contributed by atoms with Crippen LogP contribution in [0.25, 0.3) is 106 Å². The van der Waals surface area contributed by atoms with Gasteiger partial charge in [-0.05, 0) is 106 Å². The van der Waals surface area contributed by atoms with Gasteiger partial charge in [0.05, 0.1) is 50.1 Å². The van der Waals surface area contributed by atoms with Crippen LogP contribution in [-0.4, -0.2) is 19.5 Å². The normalized spacial score (nSPS) is 12.8. The standard InChI is InChI=1S/C63H32F18N4/c64-58(65,66)38-21-23-40(50(31-38)62(76,77)78)35-19-25-52-44(27-35)45-28-36(41-24-22-39(59(67,68)69)32-51(41)63(79,80)81)20-26-53(45)85(52)54-46(42-15-7-9-17-48(42)60(70,71)72)29-37(30-47(54)43-16-8-10-18-49(43)61(73,74)75)57-83-55(33-11-3-1-4-12-33)82-56(84-57)34-13-5-2-6-14-34/h1-32H. The first-order valence-electron chi connectivity index (χ1n) is 25.0. The summed E-state index contributed by atoms with van der Waals surface area (Å²) in [5.74, 6) is -0.248. The Morgan fingerprint density at radius 3 is 0.941 bits per heavy atom. The molecule has 0 N–H and O–H groups in total. The third-order valence-corrected chi connectivity index (χ3v) is 14.0. The van der Waals surface area contributed by atoms with Gasteiger partial charge in [0.25, 0.3) is 0 Å². The molecule has 0 radical (unpaired) electrons. The maximum Gasteiger partial charge on any atom is 0.417 e. The number of nitrogens with zero attached hydrogens (tertiary/aromatic N) is 4. The van der Waals surface area contributed by atoms with Crippen molar-refractivity contribution < 1.29 is 79.0 Å². The molecule has 11 aromatic rings. The minimum absolute atomic E-state index is 0.0143. The predicted molar refractivity (Wildman–Crippen MR) is 282 cm³/mol. The van der Waals surface area contributed by atoms with Gasteiger partial charge in [0.2, 0.25) is 0 Å². The Morgan fingerprint density at radius 1 is 0.247 bits per heavy atom. The van der Waals surface area contributed by atoms with E-state index in [-0.39, 0.29) is 57.0 Å². The summed E-state index contributed by atoms with van der Waals surface area (Å²) in [6.45, 7) is 0. The summed E-state index contributed by atoms with van der Waals surface area (Å²) in [6, 6.07) is 34.2. The molecule has 0 saturated heterocycles. The minimum atomic E-state index is -5.48. The highest BCUT2D eigenvalue weighted by Crippen LogP contribution is 2.51. The van der Waals surface area contributed by atoms with E-state index >= 15 is 26.3 Å². The summed E-state index contributed by atoms with van der Waals surface area (Å²) >= 11 is 0. The second-order valence-corrected chi connectivity index (χ2v) is 19.4. The Hall–Kier alpha value is -9.47. The number of halogens is 18. The third kappa shape index (κ3) is 11.0. The topological polar surface area (TPSA) is 43.6 Å². The van der Waals surface area contributed by atoms with Crippen molar-refractivity contribution in [3.63, 3.8) is 0 Å². The Labute approximate surface area is 467 Å². The molecule has 0 atom stereocenters. The summed E-state index contributed by atoms with van der Waals surface area (Å²) < 4.78 is 268. The van der Waals surface area contributed by atoms with E-state index in [1.54, 1.807) is 60.7 Å². The molecule has 0 unspecified atom stereocenters. The molecule has 0 aliphatic rings. The van der Waals surface area contributed by atoms with Crippen molar-refractivity contribution >= 4 is 21.8 Å². The Balaban J connectivity index is 1.32. The maximum absolute atomic E-state index is 15.6. The Morgan fingerprint density at radius 2 is 0.588 bits per heavy atom. The average Bonchev–Trinajstić information content (AvgIpc) is 1.70. The molecule has 0 aliphatic heterocycles. The molecule has 22 heteroatoms. The fourth-order valence-electron chi connectivity index (χ4n) is 10.3. The number of hydrogen-bond donors (Lipinski definition) is 0. The number of fused-ring (bicyclic) bond motifs is 3. The van der Waals surface area contributed by atoms with Gasteiger partial charge in [-0.2, -0.15) is 79.0 Å². The van der Waals surface area contributed by atoms with Crippen LogP contribution in [0.15, 0.2) is 194 Å². The minimum Gasteiger partial charge on any atom is -0.308 e. The molecular formula is C63H32F18N4. The van der Waals surface area contributed by atoms with Gasteiger partial charge in [-0.25, -0.2) is 15.0 Å². The third-order valence-electron chi connectivity index (χ3n) is 14.0. The van der Waals surface area contributed by atoms with Crippen molar-refractivity contribution in [2.75, 3.05) is 0 Å². The Kier molecular flexibility index (Phi) is 14.0. The van der Waals surface area contributed by atoms with Crippen molar-refractivity contribution in [3.05, 3.63) is 228 Å². The number of hydrogen-bond acceptors (Lipinski definition) is 3.